The van der Waals surface area contributed by atoms with Crippen molar-refractivity contribution in [1.82, 2.24) is 4.98 Å². The van der Waals surface area contributed by atoms with E-state index in [0.717, 1.165) is 29.9 Å². The van der Waals surface area contributed by atoms with Crippen molar-refractivity contribution in [2.24, 2.45) is 0 Å². The summed E-state index contributed by atoms with van der Waals surface area (Å²) in [6, 6.07) is 15.6. The molecule has 0 bridgehead atoms. The van der Waals surface area contributed by atoms with E-state index in [1.165, 1.54) is 17.4 Å². The fourth-order valence-electron chi connectivity index (χ4n) is 3.33. The first kappa shape index (κ1) is 18.1. The second-order valence-corrected chi connectivity index (χ2v) is 6.82. The van der Waals surface area contributed by atoms with Gasteiger partial charge in [0.2, 0.25) is 0 Å². The number of ketones is 1. The molecule has 0 aliphatic rings. The standard InChI is InChI=1S/C22H24N2O2/c1-4-24(13-17-8-6-5-7-9-17)14-20-15(2)23-21-11-10-18(16(3)25)12-19(21)22(20)26/h5-12H,4,13-14H2,1-3H3,(H,23,26)/p+1. The molecule has 0 saturated carbocycles. The molecule has 4 nitrogen and oxygen atoms in total. The van der Waals surface area contributed by atoms with Crippen molar-refractivity contribution in [2.75, 3.05) is 6.54 Å². The van der Waals surface area contributed by atoms with E-state index in [-0.39, 0.29) is 11.2 Å². The average Bonchev–Trinajstić information content (AvgIpc) is 2.64. The van der Waals surface area contributed by atoms with Gasteiger partial charge in [0.25, 0.3) is 0 Å². The highest BCUT2D eigenvalue weighted by molar-refractivity contribution is 5.97. The van der Waals surface area contributed by atoms with Crippen LogP contribution in [0.5, 0.6) is 0 Å². The van der Waals surface area contributed by atoms with Gasteiger partial charge in [0.15, 0.2) is 11.2 Å². The summed E-state index contributed by atoms with van der Waals surface area (Å²) in [6.07, 6.45) is 0. The zero-order valence-corrected chi connectivity index (χ0v) is 15.6. The molecule has 4 heteroatoms. The number of nitrogens with one attached hydrogen (secondary N) is 2. The number of Topliss-reactive ketones (excluding diaryl/α,β-unsaturated/α-hetero) is 1. The largest absolute Gasteiger partial charge is 0.358 e. The molecule has 0 spiro atoms. The Labute approximate surface area is 153 Å². The number of fused-ring (bicyclic) bond motifs is 1. The van der Waals surface area contributed by atoms with E-state index in [2.05, 4.69) is 24.0 Å². The van der Waals surface area contributed by atoms with Crippen LogP contribution in [0.3, 0.4) is 0 Å². The van der Waals surface area contributed by atoms with Gasteiger partial charge in [-0.2, -0.15) is 0 Å². The number of pyridine rings is 1. The summed E-state index contributed by atoms with van der Waals surface area (Å²) in [5, 5.41) is 0.591. The number of quaternary nitrogens is 1. The SMILES string of the molecule is CC[NH+](Cc1ccccc1)Cc1c(C)[nH]c2ccc(C(C)=O)cc2c1=O. The van der Waals surface area contributed by atoms with Crippen LogP contribution in [0.15, 0.2) is 53.3 Å². The third-order valence-corrected chi connectivity index (χ3v) is 4.94. The summed E-state index contributed by atoms with van der Waals surface area (Å²) in [5.74, 6) is -0.0293. The molecule has 1 unspecified atom stereocenters. The Hall–Kier alpha value is -2.72. The number of rotatable bonds is 6. The molecule has 26 heavy (non-hydrogen) atoms. The monoisotopic (exact) mass is 349 g/mol. The highest BCUT2D eigenvalue weighted by Gasteiger charge is 2.16. The molecular formula is C22H25N2O2+. The van der Waals surface area contributed by atoms with Crippen LogP contribution in [0, 0.1) is 6.92 Å². The number of carbonyl (C=O) groups excluding carboxylic acids is 1. The van der Waals surface area contributed by atoms with Crippen molar-refractivity contribution in [1.29, 1.82) is 0 Å². The highest BCUT2D eigenvalue weighted by Crippen LogP contribution is 2.14. The maximum absolute atomic E-state index is 13.1. The van der Waals surface area contributed by atoms with Crippen molar-refractivity contribution in [2.45, 2.75) is 33.9 Å². The number of aryl methyl sites for hydroxylation is 1. The minimum absolute atomic E-state index is 0.0263. The van der Waals surface area contributed by atoms with Gasteiger partial charge in [0, 0.05) is 27.7 Å². The maximum Gasteiger partial charge on any atom is 0.198 e. The molecule has 0 fully saturated rings. The first-order chi connectivity index (χ1) is 12.5. The number of hydrogen-bond donors (Lipinski definition) is 2. The van der Waals surface area contributed by atoms with Gasteiger partial charge in [0.1, 0.15) is 13.1 Å². The fourth-order valence-corrected chi connectivity index (χ4v) is 3.33. The van der Waals surface area contributed by atoms with Crippen LogP contribution in [-0.4, -0.2) is 17.3 Å². The van der Waals surface area contributed by atoms with Crippen LogP contribution in [0.25, 0.3) is 10.9 Å². The smallest absolute Gasteiger partial charge is 0.198 e. The predicted octanol–water partition coefficient (Wildman–Crippen LogP) is 2.64. The number of H-pyrrole nitrogens is 1. The second-order valence-electron chi connectivity index (χ2n) is 6.82. The van der Waals surface area contributed by atoms with Crippen molar-refractivity contribution >= 4 is 16.7 Å². The lowest BCUT2D eigenvalue weighted by molar-refractivity contribution is -0.925. The fraction of sp³-hybridized carbons (Fsp3) is 0.273. The number of aromatic amines is 1. The van der Waals surface area contributed by atoms with E-state index in [1.807, 2.05) is 31.2 Å². The number of hydrogen-bond acceptors (Lipinski definition) is 2. The molecule has 1 atom stereocenters. The van der Waals surface area contributed by atoms with Gasteiger partial charge in [0.05, 0.1) is 12.1 Å². The maximum atomic E-state index is 13.1. The summed E-state index contributed by atoms with van der Waals surface area (Å²) in [7, 11) is 0. The van der Waals surface area contributed by atoms with Crippen molar-refractivity contribution in [3.63, 3.8) is 0 Å². The zero-order valence-electron chi connectivity index (χ0n) is 15.6. The van der Waals surface area contributed by atoms with Crippen molar-refractivity contribution < 1.29 is 9.69 Å². The first-order valence-electron chi connectivity index (χ1n) is 9.03. The molecule has 3 aromatic rings. The summed E-state index contributed by atoms with van der Waals surface area (Å²) in [5.41, 5.74) is 4.34. The van der Waals surface area contributed by atoms with Gasteiger partial charge in [-0.3, -0.25) is 9.59 Å². The van der Waals surface area contributed by atoms with Crippen LogP contribution in [0.2, 0.25) is 0 Å². The summed E-state index contributed by atoms with van der Waals surface area (Å²) < 4.78 is 0. The molecule has 2 aromatic carbocycles. The molecule has 0 amide bonds. The van der Waals surface area contributed by atoms with E-state index >= 15 is 0 Å². The Kier molecular flexibility index (Phi) is 5.33. The van der Waals surface area contributed by atoms with Gasteiger partial charge >= 0.3 is 0 Å². The molecule has 0 saturated heterocycles. The molecular weight excluding hydrogens is 324 g/mol. The normalized spacial score (nSPS) is 12.3. The topological polar surface area (TPSA) is 54.4 Å². The zero-order chi connectivity index (χ0) is 18.7. The van der Waals surface area contributed by atoms with Crippen LogP contribution in [0.4, 0.5) is 0 Å². The molecule has 1 aromatic heterocycles. The Morgan fingerprint density at radius 2 is 1.81 bits per heavy atom. The molecule has 0 aliphatic heterocycles. The summed E-state index contributed by atoms with van der Waals surface area (Å²) in [6.45, 7) is 8.07. The van der Waals surface area contributed by atoms with Gasteiger partial charge in [-0.25, -0.2) is 0 Å². The first-order valence-corrected chi connectivity index (χ1v) is 9.03. The molecule has 3 rings (SSSR count). The van der Waals surface area contributed by atoms with Crippen LogP contribution >= 0.6 is 0 Å². The molecule has 2 N–H and O–H groups in total. The van der Waals surface area contributed by atoms with E-state index < -0.39 is 0 Å². The Morgan fingerprint density at radius 1 is 1.08 bits per heavy atom. The van der Waals surface area contributed by atoms with Crippen LogP contribution in [-0.2, 0) is 13.1 Å². The van der Waals surface area contributed by atoms with Gasteiger partial charge in [-0.05, 0) is 39.0 Å². The number of carbonyl (C=O) groups is 1. The third kappa shape index (κ3) is 3.75. The minimum atomic E-state index is -0.0293. The lowest BCUT2D eigenvalue weighted by Gasteiger charge is -2.19. The Bertz CT molecular complexity index is 990. The Morgan fingerprint density at radius 3 is 2.46 bits per heavy atom. The number of aromatic nitrogens is 1. The average molecular weight is 349 g/mol. The van der Waals surface area contributed by atoms with E-state index in [1.54, 1.807) is 12.1 Å². The Balaban J connectivity index is 1.98. The van der Waals surface area contributed by atoms with E-state index in [9.17, 15) is 9.59 Å². The summed E-state index contributed by atoms with van der Waals surface area (Å²) >= 11 is 0. The molecule has 0 aliphatic carbocycles. The van der Waals surface area contributed by atoms with Crippen LogP contribution < -0.4 is 10.3 Å². The van der Waals surface area contributed by atoms with Gasteiger partial charge in [-0.15, -0.1) is 0 Å². The lowest BCUT2D eigenvalue weighted by Crippen LogP contribution is -3.09. The quantitative estimate of drug-likeness (QED) is 0.672. The van der Waals surface area contributed by atoms with Crippen LogP contribution in [0.1, 0.15) is 41.0 Å². The van der Waals surface area contributed by atoms with Gasteiger partial charge < -0.3 is 9.88 Å². The van der Waals surface area contributed by atoms with Crippen molar-refractivity contribution in [3.8, 4) is 0 Å². The summed E-state index contributed by atoms with van der Waals surface area (Å²) in [4.78, 5) is 29.4. The molecule has 134 valence electrons. The lowest BCUT2D eigenvalue weighted by atomic mass is 10.0. The third-order valence-electron chi connectivity index (χ3n) is 4.94. The minimum Gasteiger partial charge on any atom is -0.358 e. The molecule has 0 radical (unpaired) electrons. The van der Waals surface area contributed by atoms with Crippen molar-refractivity contribution in [3.05, 3.63) is 81.1 Å². The highest BCUT2D eigenvalue weighted by atomic mass is 16.1. The second kappa shape index (κ2) is 7.67. The number of benzene rings is 2. The molecule has 1 heterocycles. The van der Waals surface area contributed by atoms with E-state index in [0.29, 0.717) is 17.5 Å². The van der Waals surface area contributed by atoms with E-state index in [4.69, 9.17) is 0 Å². The van der Waals surface area contributed by atoms with Gasteiger partial charge in [-0.1, -0.05) is 30.3 Å². The predicted molar refractivity (Wildman–Crippen MR) is 105 cm³/mol.